The zero-order valence-electron chi connectivity index (χ0n) is 14.5. The monoisotopic (exact) mass is 327 g/mol. The molecule has 0 heterocycles. The molecule has 0 radical (unpaired) electrons. The first-order valence-electron chi connectivity index (χ1n) is 8.39. The fraction of sp³-hybridized carbons (Fsp3) is 0.350. The summed E-state index contributed by atoms with van der Waals surface area (Å²) in [7, 11) is 0. The Labute approximate surface area is 143 Å². The molecule has 1 atom stereocenters. The maximum Gasteiger partial charge on any atom is 0.265 e. The minimum atomic E-state index is -0.534. The molecule has 128 valence electrons. The van der Waals surface area contributed by atoms with Gasteiger partial charge in [-0.2, -0.15) is 0 Å². The van der Waals surface area contributed by atoms with Crippen molar-refractivity contribution in [1.29, 1.82) is 0 Å². The minimum absolute atomic E-state index is 0.161. The lowest BCUT2D eigenvalue weighted by Gasteiger charge is -2.17. The van der Waals surface area contributed by atoms with E-state index in [1.165, 1.54) is 0 Å². The van der Waals surface area contributed by atoms with Crippen molar-refractivity contribution in [2.75, 3.05) is 11.9 Å². The highest BCUT2D eigenvalue weighted by Crippen LogP contribution is 2.19. The lowest BCUT2D eigenvalue weighted by atomic mass is 10.2. The predicted octanol–water partition coefficient (Wildman–Crippen LogP) is 4.58. The summed E-state index contributed by atoms with van der Waals surface area (Å²) in [4.78, 5) is 12.5. The molecule has 4 heteroatoms. The van der Waals surface area contributed by atoms with Crippen LogP contribution in [0.25, 0.3) is 0 Å². The Bertz CT molecular complexity index is 652. The number of carbonyl (C=O) groups excluding carboxylic acids is 1. The summed E-state index contributed by atoms with van der Waals surface area (Å²) in [6, 6.07) is 15.1. The van der Waals surface area contributed by atoms with Gasteiger partial charge >= 0.3 is 0 Å². The Kier molecular flexibility index (Phi) is 6.67. The van der Waals surface area contributed by atoms with E-state index < -0.39 is 6.10 Å². The third-order valence-electron chi connectivity index (χ3n) is 3.54. The molecule has 0 aliphatic rings. The quantitative estimate of drug-likeness (QED) is 0.772. The van der Waals surface area contributed by atoms with Crippen LogP contribution in [0.4, 0.5) is 5.69 Å². The molecule has 2 aromatic rings. The zero-order valence-corrected chi connectivity index (χ0v) is 14.5. The van der Waals surface area contributed by atoms with Gasteiger partial charge < -0.3 is 14.8 Å². The maximum absolute atomic E-state index is 12.5. The lowest BCUT2D eigenvalue weighted by molar-refractivity contribution is -0.122. The van der Waals surface area contributed by atoms with Gasteiger partial charge in [0.15, 0.2) is 6.10 Å². The van der Waals surface area contributed by atoms with Crippen LogP contribution in [0.2, 0.25) is 0 Å². The van der Waals surface area contributed by atoms with E-state index in [1.54, 1.807) is 0 Å². The Balaban J connectivity index is 1.99. The SMILES string of the molecule is CCCOc1cccc(NC(=O)C(CC)Oc2ccc(C)cc2)c1. The van der Waals surface area contributed by atoms with Crippen LogP contribution in [0.3, 0.4) is 0 Å². The standard InChI is InChI=1S/C20H25NO3/c1-4-13-23-18-8-6-7-16(14-18)21-20(22)19(5-2)24-17-11-9-15(3)10-12-17/h6-12,14,19H,4-5,13H2,1-3H3,(H,21,22). The molecule has 0 aliphatic carbocycles. The predicted molar refractivity (Wildman–Crippen MR) is 96.7 cm³/mol. The van der Waals surface area contributed by atoms with Crippen molar-refractivity contribution in [3.05, 3.63) is 54.1 Å². The van der Waals surface area contributed by atoms with Crippen LogP contribution >= 0.6 is 0 Å². The van der Waals surface area contributed by atoms with Crippen molar-refractivity contribution in [3.8, 4) is 11.5 Å². The molecule has 1 unspecified atom stereocenters. The molecule has 4 nitrogen and oxygen atoms in total. The van der Waals surface area contributed by atoms with E-state index in [1.807, 2.05) is 62.4 Å². The molecular weight excluding hydrogens is 302 g/mol. The number of nitrogens with one attached hydrogen (secondary N) is 1. The second-order valence-electron chi connectivity index (χ2n) is 5.69. The third kappa shape index (κ3) is 5.30. The van der Waals surface area contributed by atoms with E-state index in [4.69, 9.17) is 9.47 Å². The molecule has 0 aliphatic heterocycles. The summed E-state index contributed by atoms with van der Waals surface area (Å²) in [6.07, 6.45) is 0.998. The highest BCUT2D eigenvalue weighted by Gasteiger charge is 2.18. The first-order valence-corrected chi connectivity index (χ1v) is 8.39. The van der Waals surface area contributed by atoms with Crippen LogP contribution in [0.1, 0.15) is 32.3 Å². The van der Waals surface area contributed by atoms with Crippen LogP contribution in [0.5, 0.6) is 11.5 Å². The van der Waals surface area contributed by atoms with Gasteiger partial charge in [0.2, 0.25) is 0 Å². The number of anilines is 1. The van der Waals surface area contributed by atoms with Gasteiger partial charge in [0, 0.05) is 11.8 Å². The van der Waals surface area contributed by atoms with Crippen LogP contribution < -0.4 is 14.8 Å². The van der Waals surface area contributed by atoms with Gasteiger partial charge in [-0.25, -0.2) is 0 Å². The van der Waals surface area contributed by atoms with Crippen LogP contribution in [-0.2, 0) is 4.79 Å². The molecule has 24 heavy (non-hydrogen) atoms. The molecule has 0 bridgehead atoms. The largest absolute Gasteiger partial charge is 0.494 e. The van der Waals surface area contributed by atoms with Gasteiger partial charge in [-0.3, -0.25) is 4.79 Å². The molecule has 1 N–H and O–H groups in total. The van der Waals surface area contributed by atoms with E-state index in [-0.39, 0.29) is 5.91 Å². The number of hydrogen-bond acceptors (Lipinski definition) is 3. The first-order chi connectivity index (χ1) is 11.6. The molecule has 2 rings (SSSR count). The maximum atomic E-state index is 12.5. The third-order valence-corrected chi connectivity index (χ3v) is 3.54. The fourth-order valence-corrected chi connectivity index (χ4v) is 2.21. The summed E-state index contributed by atoms with van der Waals surface area (Å²) in [5, 5.41) is 2.90. The number of amides is 1. The zero-order chi connectivity index (χ0) is 17.4. The van der Waals surface area contributed by atoms with Crippen molar-refractivity contribution in [2.45, 2.75) is 39.7 Å². The summed E-state index contributed by atoms with van der Waals surface area (Å²) < 4.78 is 11.4. The smallest absolute Gasteiger partial charge is 0.265 e. The Morgan fingerprint density at radius 3 is 2.50 bits per heavy atom. The van der Waals surface area contributed by atoms with E-state index in [2.05, 4.69) is 12.2 Å². The fourth-order valence-electron chi connectivity index (χ4n) is 2.21. The van der Waals surface area contributed by atoms with Crippen molar-refractivity contribution >= 4 is 11.6 Å². The molecule has 1 amide bonds. The molecule has 0 fully saturated rings. The average molecular weight is 327 g/mol. The first kappa shape index (κ1) is 17.9. The molecule has 0 saturated heterocycles. The lowest BCUT2D eigenvalue weighted by Crippen LogP contribution is -2.32. The Hall–Kier alpha value is -2.49. The topological polar surface area (TPSA) is 47.6 Å². The van der Waals surface area contributed by atoms with Crippen molar-refractivity contribution < 1.29 is 14.3 Å². The molecule has 2 aromatic carbocycles. The van der Waals surface area contributed by atoms with Gasteiger partial charge in [-0.1, -0.05) is 37.6 Å². The summed E-state index contributed by atoms with van der Waals surface area (Å²) in [6.45, 7) is 6.66. The van der Waals surface area contributed by atoms with Gasteiger partial charge in [0.25, 0.3) is 5.91 Å². The van der Waals surface area contributed by atoms with Crippen molar-refractivity contribution in [2.24, 2.45) is 0 Å². The molecule has 0 aromatic heterocycles. The second-order valence-corrected chi connectivity index (χ2v) is 5.69. The summed E-state index contributed by atoms with van der Waals surface area (Å²) >= 11 is 0. The molecule has 0 saturated carbocycles. The number of rotatable bonds is 8. The normalized spacial score (nSPS) is 11.6. The van der Waals surface area contributed by atoms with E-state index in [0.29, 0.717) is 24.5 Å². The number of aryl methyl sites for hydroxylation is 1. The highest BCUT2D eigenvalue weighted by molar-refractivity contribution is 5.94. The number of ether oxygens (including phenoxy) is 2. The van der Waals surface area contributed by atoms with Crippen molar-refractivity contribution in [3.63, 3.8) is 0 Å². The number of carbonyl (C=O) groups is 1. The van der Waals surface area contributed by atoms with Gasteiger partial charge in [0.05, 0.1) is 6.61 Å². The summed E-state index contributed by atoms with van der Waals surface area (Å²) in [5.74, 6) is 1.29. The van der Waals surface area contributed by atoms with E-state index >= 15 is 0 Å². The highest BCUT2D eigenvalue weighted by atomic mass is 16.5. The second kappa shape index (κ2) is 8.96. The number of benzene rings is 2. The number of hydrogen-bond donors (Lipinski definition) is 1. The molecule has 0 spiro atoms. The van der Waals surface area contributed by atoms with Crippen LogP contribution in [0, 0.1) is 6.92 Å². The minimum Gasteiger partial charge on any atom is -0.494 e. The molecular formula is C20H25NO3. The van der Waals surface area contributed by atoms with E-state index in [0.717, 1.165) is 17.7 Å². The Morgan fingerprint density at radius 2 is 1.83 bits per heavy atom. The van der Waals surface area contributed by atoms with Gasteiger partial charge in [0.1, 0.15) is 11.5 Å². The van der Waals surface area contributed by atoms with Crippen LogP contribution in [-0.4, -0.2) is 18.6 Å². The van der Waals surface area contributed by atoms with Gasteiger partial charge in [-0.15, -0.1) is 0 Å². The average Bonchev–Trinajstić information content (AvgIpc) is 2.59. The van der Waals surface area contributed by atoms with Gasteiger partial charge in [-0.05, 0) is 44.0 Å². The summed E-state index contributed by atoms with van der Waals surface area (Å²) in [5.41, 5.74) is 1.86. The van der Waals surface area contributed by atoms with Crippen LogP contribution in [0.15, 0.2) is 48.5 Å². The van der Waals surface area contributed by atoms with E-state index in [9.17, 15) is 4.79 Å². The van der Waals surface area contributed by atoms with Crippen molar-refractivity contribution in [1.82, 2.24) is 0 Å². The Morgan fingerprint density at radius 1 is 1.08 bits per heavy atom.